The second-order valence-corrected chi connectivity index (χ2v) is 2.02. The van der Waals surface area contributed by atoms with Crippen LogP contribution in [-0.4, -0.2) is 42.5 Å². The molecule has 1 fully saturated rings. The van der Waals surface area contributed by atoms with Crippen molar-refractivity contribution in [1.82, 2.24) is 10.4 Å². The first-order chi connectivity index (χ1) is 4.79. The molecule has 0 aromatic rings. The second kappa shape index (κ2) is 3.38. The van der Waals surface area contributed by atoms with E-state index in [1.165, 1.54) is 0 Å². The van der Waals surface area contributed by atoms with Crippen LogP contribution in [0.1, 0.15) is 0 Å². The van der Waals surface area contributed by atoms with E-state index in [1.54, 1.807) is 5.01 Å². The third-order valence-corrected chi connectivity index (χ3v) is 1.26. The molecule has 0 unspecified atom stereocenters. The van der Waals surface area contributed by atoms with Crippen molar-refractivity contribution in [1.29, 1.82) is 0 Å². The molecule has 0 bridgehead atoms. The summed E-state index contributed by atoms with van der Waals surface area (Å²) in [5.41, 5.74) is 2.25. The molecule has 0 saturated carbocycles. The highest BCUT2D eigenvalue weighted by atomic mass is 16.5. The van der Waals surface area contributed by atoms with Gasteiger partial charge in [0.15, 0.2) is 0 Å². The van der Waals surface area contributed by atoms with Crippen molar-refractivity contribution < 1.29 is 14.6 Å². The lowest BCUT2D eigenvalue weighted by Crippen LogP contribution is -2.47. The summed E-state index contributed by atoms with van der Waals surface area (Å²) in [4.78, 5) is 10.1. The van der Waals surface area contributed by atoms with E-state index in [1.807, 2.05) is 0 Å². The first-order valence-corrected chi connectivity index (χ1v) is 3.11. The van der Waals surface area contributed by atoms with E-state index in [2.05, 4.69) is 5.43 Å². The van der Waals surface area contributed by atoms with Crippen LogP contribution in [0.3, 0.4) is 0 Å². The zero-order valence-electron chi connectivity index (χ0n) is 5.54. The van der Waals surface area contributed by atoms with Gasteiger partial charge in [-0.15, -0.1) is 0 Å². The Labute approximate surface area is 58.5 Å². The quantitative estimate of drug-likeness (QED) is 0.523. The Balaban J connectivity index is 2.19. The van der Waals surface area contributed by atoms with Gasteiger partial charge in [0.2, 0.25) is 0 Å². The van der Waals surface area contributed by atoms with Gasteiger partial charge in [-0.3, -0.25) is 5.43 Å². The molecule has 0 aliphatic carbocycles. The number of ether oxygens (including phenoxy) is 1. The van der Waals surface area contributed by atoms with Gasteiger partial charge in [-0.1, -0.05) is 0 Å². The topological polar surface area (TPSA) is 61.8 Å². The summed E-state index contributed by atoms with van der Waals surface area (Å²) in [7, 11) is 0. The van der Waals surface area contributed by atoms with Crippen LogP contribution >= 0.6 is 0 Å². The van der Waals surface area contributed by atoms with Crippen molar-refractivity contribution in [3.05, 3.63) is 0 Å². The van der Waals surface area contributed by atoms with E-state index in [9.17, 15) is 4.79 Å². The lowest BCUT2D eigenvalue weighted by Gasteiger charge is -2.25. The molecular formula is C5H10N2O3. The maximum absolute atomic E-state index is 10.1. The Morgan fingerprint density at radius 1 is 1.50 bits per heavy atom. The van der Waals surface area contributed by atoms with Gasteiger partial charge in [0, 0.05) is 13.1 Å². The normalized spacial score (nSPS) is 20.4. The van der Waals surface area contributed by atoms with Crippen LogP contribution in [0.15, 0.2) is 0 Å². The van der Waals surface area contributed by atoms with E-state index in [0.717, 1.165) is 0 Å². The monoisotopic (exact) mass is 146 g/mol. The van der Waals surface area contributed by atoms with Crippen molar-refractivity contribution >= 4 is 6.09 Å². The third kappa shape index (κ3) is 2.20. The average molecular weight is 146 g/mol. The van der Waals surface area contributed by atoms with Gasteiger partial charge in [0.25, 0.3) is 0 Å². The predicted octanol–water partition coefficient (Wildman–Crippen LogP) is -0.499. The van der Waals surface area contributed by atoms with Crippen LogP contribution in [0.5, 0.6) is 0 Å². The highest BCUT2D eigenvalue weighted by Crippen LogP contribution is 1.91. The van der Waals surface area contributed by atoms with Crippen LogP contribution in [0.25, 0.3) is 0 Å². The predicted molar refractivity (Wildman–Crippen MR) is 33.6 cm³/mol. The lowest BCUT2D eigenvalue weighted by molar-refractivity contribution is 0.0144. The first-order valence-electron chi connectivity index (χ1n) is 3.11. The largest absolute Gasteiger partial charge is 0.464 e. The Morgan fingerprint density at radius 2 is 2.10 bits per heavy atom. The van der Waals surface area contributed by atoms with Gasteiger partial charge in [-0.05, 0) is 0 Å². The zero-order valence-corrected chi connectivity index (χ0v) is 5.54. The highest BCUT2D eigenvalue weighted by molar-refractivity contribution is 5.63. The van der Waals surface area contributed by atoms with E-state index < -0.39 is 6.09 Å². The number of amides is 1. The molecule has 1 heterocycles. The lowest BCUT2D eigenvalue weighted by atomic mass is 10.5. The van der Waals surface area contributed by atoms with E-state index in [0.29, 0.717) is 26.3 Å². The van der Waals surface area contributed by atoms with Crippen molar-refractivity contribution in [2.24, 2.45) is 0 Å². The standard InChI is InChI=1S/C5H10N2O3/c8-5(9)6-7-1-3-10-4-2-7/h6H,1-4H2,(H,8,9). The molecular weight excluding hydrogens is 136 g/mol. The number of hydrogen-bond acceptors (Lipinski definition) is 3. The molecule has 1 rings (SSSR count). The zero-order chi connectivity index (χ0) is 7.40. The fourth-order valence-electron chi connectivity index (χ4n) is 0.810. The number of carboxylic acid groups (broad SMARTS) is 1. The molecule has 1 aliphatic heterocycles. The number of nitrogens with one attached hydrogen (secondary N) is 1. The summed E-state index contributed by atoms with van der Waals surface area (Å²) in [6, 6.07) is 0. The summed E-state index contributed by atoms with van der Waals surface area (Å²) in [6.07, 6.45) is -1.01. The van der Waals surface area contributed by atoms with Crippen molar-refractivity contribution in [2.45, 2.75) is 0 Å². The molecule has 58 valence electrons. The molecule has 1 aliphatic rings. The van der Waals surface area contributed by atoms with Gasteiger partial charge in [0.1, 0.15) is 0 Å². The van der Waals surface area contributed by atoms with Crippen molar-refractivity contribution in [2.75, 3.05) is 26.3 Å². The molecule has 0 aromatic carbocycles. The molecule has 5 heteroatoms. The van der Waals surface area contributed by atoms with Gasteiger partial charge in [-0.25, -0.2) is 9.80 Å². The Kier molecular flexibility index (Phi) is 2.47. The number of morpholine rings is 1. The molecule has 0 atom stereocenters. The van der Waals surface area contributed by atoms with Crippen LogP contribution in [0.4, 0.5) is 4.79 Å². The molecule has 0 aromatic heterocycles. The summed E-state index contributed by atoms with van der Waals surface area (Å²) in [5.74, 6) is 0. The van der Waals surface area contributed by atoms with Crippen LogP contribution < -0.4 is 5.43 Å². The van der Waals surface area contributed by atoms with Crippen LogP contribution in [0.2, 0.25) is 0 Å². The van der Waals surface area contributed by atoms with E-state index in [4.69, 9.17) is 9.84 Å². The molecule has 2 N–H and O–H groups in total. The first kappa shape index (κ1) is 7.30. The summed E-state index contributed by atoms with van der Waals surface area (Å²) in [6.45, 7) is 2.46. The Bertz CT molecular complexity index is 122. The van der Waals surface area contributed by atoms with Gasteiger partial charge in [-0.2, -0.15) is 0 Å². The molecule has 0 spiro atoms. The molecule has 5 nitrogen and oxygen atoms in total. The van der Waals surface area contributed by atoms with E-state index in [-0.39, 0.29) is 0 Å². The van der Waals surface area contributed by atoms with E-state index >= 15 is 0 Å². The number of rotatable bonds is 1. The van der Waals surface area contributed by atoms with Gasteiger partial charge in [0.05, 0.1) is 13.2 Å². The molecule has 1 amide bonds. The molecule has 10 heavy (non-hydrogen) atoms. The Morgan fingerprint density at radius 3 is 2.60 bits per heavy atom. The number of carbonyl (C=O) groups is 1. The minimum atomic E-state index is -1.01. The van der Waals surface area contributed by atoms with Crippen molar-refractivity contribution in [3.63, 3.8) is 0 Å². The summed E-state index contributed by atoms with van der Waals surface area (Å²) >= 11 is 0. The average Bonchev–Trinajstić information content (AvgIpc) is 1.88. The Hall–Kier alpha value is -0.810. The minimum Gasteiger partial charge on any atom is -0.464 e. The molecule has 0 radical (unpaired) electrons. The minimum absolute atomic E-state index is 0.597. The number of hydrazine groups is 1. The van der Waals surface area contributed by atoms with Gasteiger partial charge < -0.3 is 9.84 Å². The van der Waals surface area contributed by atoms with Crippen LogP contribution in [-0.2, 0) is 4.74 Å². The third-order valence-electron chi connectivity index (χ3n) is 1.26. The maximum atomic E-state index is 10.1. The number of nitrogens with zero attached hydrogens (tertiary/aromatic N) is 1. The fraction of sp³-hybridized carbons (Fsp3) is 0.800. The van der Waals surface area contributed by atoms with Crippen molar-refractivity contribution in [3.8, 4) is 0 Å². The second-order valence-electron chi connectivity index (χ2n) is 2.02. The van der Waals surface area contributed by atoms with Crippen LogP contribution in [0, 0.1) is 0 Å². The summed E-state index contributed by atoms with van der Waals surface area (Å²) < 4.78 is 5.01. The molecule has 1 saturated heterocycles. The number of hydrogen-bond donors (Lipinski definition) is 2. The maximum Gasteiger partial charge on any atom is 0.419 e. The van der Waals surface area contributed by atoms with Gasteiger partial charge >= 0.3 is 6.09 Å². The smallest absolute Gasteiger partial charge is 0.419 e. The SMILES string of the molecule is O=C(O)NN1CCOCC1. The highest BCUT2D eigenvalue weighted by Gasteiger charge is 2.10. The summed E-state index contributed by atoms with van der Waals surface area (Å²) in [5, 5.41) is 9.89. The fourth-order valence-corrected chi connectivity index (χ4v) is 0.810.